The van der Waals surface area contributed by atoms with Gasteiger partial charge in [0.2, 0.25) is 0 Å². The molecule has 0 bridgehead atoms. The van der Waals surface area contributed by atoms with Crippen molar-refractivity contribution in [3.63, 3.8) is 0 Å². The van der Waals surface area contributed by atoms with Gasteiger partial charge in [-0.1, -0.05) is 23.7 Å². The average Bonchev–Trinajstić information content (AvgIpc) is 2.71. The standard InChI is InChI=1S/C15H9ClO3/c1-19-15(18)8-2-4-10-11-5-3-9(16)7-13(11)14(17)12(10)6-8/h2-7H,1H3. The summed E-state index contributed by atoms with van der Waals surface area (Å²) in [6.07, 6.45) is 0. The van der Waals surface area contributed by atoms with Crippen LogP contribution in [0.5, 0.6) is 0 Å². The summed E-state index contributed by atoms with van der Waals surface area (Å²) in [5, 5.41) is 0.521. The Morgan fingerprint density at radius 1 is 1.00 bits per heavy atom. The van der Waals surface area contributed by atoms with Gasteiger partial charge in [0.15, 0.2) is 5.78 Å². The molecule has 0 amide bonds. The highest BCUT2D eigenvalue weighted by atomic mass is 35.5. The van der Waals surface area contributed by atoms with Gasteiger partial charge in [-0.05, 0) is 35.4 Å². The average molecular weight is 273 g/mol. The van der Waals surface area contributed by atoms with E-state index < -0.39 is 5.97 Å². The van der Waals surface area contributed by atoms with Gasteiger partial charge in [0.25, 0.3) is 0 Å². The summed E-state index contributed by atoms with van der Waals surface area (Å²) in [4.78, 5) is 23.8. The van der Waals surface area contributed by atoms with Gasteiger partial charge in [0, 0.05) is 16.1 Å². The maximum Gasteiger partial charge on any atom is 0.337 e. The summed E-state index contributed by atoms with van der Waals surface area (Å²) in [6, 6.07) is 10.2. The van der Waals surface area contributed by atoms with Gasteiger partial charge in [-0.2, -0.15) is 0 Å². The third kappa shape index (κ3) is 1.74. The van der Waals surface area contributed by atoms with Crippen LogP contribution in [0.3, 0.4) is 0 Å². The Labute approximate surface area is 114 Å². The summed E-state index contributed by atoms with van der Waals surface area (Å²) in [5.74, 6) is -0.567. The molecule has 0 heterocycles. The Balaban J connectivity index is 2.19. The summed E-state index contributed by atoms with van der Waals surface area (Å²) in [7, 11) is 1.31. The van der Waals surface area contributed by atoms with Crippen molar-refractivity contribution >= 4 is 23.4 Å². The lowest BCUT2D eigenvalue weighted by atomic mass is 10.0. The molecular formula is C15H9ClO3. The molecule has 1 aliphatic rings. The molecule has 4 heteroatoms. The zero-order valence-corrected chi connectivity index (χ0v) is 10.8. The van der Waals surface area contributed by atoms with E-state index in [1.807, 2.05) is 6.07 Å². The predicted molar refractivity (Wildman–Crippen MR) is 71.7 cm³/mol. The van der Waals surface area contributed by atoms with Crippen LogP contribution in [-0.4, -0.2) is 18.9 Å². The molecule has 3 rings (SSSR count). The fourth-order valence-electron chi connectivity index (χ4n) is 2.30. The largest absolute Gasteiger partial charge is 0.465 e. The molecule has 0 saturated carbocycles. The zero-order chi connectivity index (χ0) is 13.6. The van der Waals surface area contributed by atoms with E-state index in [0.29, 0.717) is 21.7 Å². The van der Waals surface area contributed by atoms with E-state index >= 15 is 0 Å². The fraction of sp³-hybridized carbons (Fsp3) is 0.0667. The summed E-state index contributed by atoms with van der Waals surface area (Å²) >= 11 is 5.91. The smallest absolute Gasteiger partial charge is 0.337 e. The maximum absolute atomic E-state index is 12.3. The van der Waals surface area contributed by atoms with Gasteiger partial charge in [0.05, 0.1) is 12.7 Å². The van der Waals surface area contributed by atoms with Crippen LogP contribution in [0.25, 0.3) is 11.1 Å². The monoisotopic (exact) mass is 272 g/mol. The van der Waals surface area contributed by atoms with Crippen molar-refractivity contribution in [1.82, 2.24) is 0 Å². The number of ketones is 1. The molecule has 19 heavy (non-hydrogen) atoms. The molecule has 3 nitrogen and oxygen atoms in total. The van der Waals surface area contributed by atoms with Crippen LogP contribution in [0.15, 0.2) is 36.4 Å². The number of hydrogen-bond acceptors (Lipinski definition) is 3. The molecule has 2 aromatic rings. The van der Waals surface area contributed by atoms with E-state index in [2.05, 4.69) is 4.74 Å². The van der Waals surface area contributed by atoms with Crippen molar-refractivity contribution in [3.05, 3.63) is 58.1 Å². The second-order valence-corrected chi connectivity index (χ2v) is 4.71. The van der Waals surface area contributed by atoms with Crippen LogP contribution >= 0.6 is 11.6 Å². The second-order valence-electron chi connectivity index (χ2n) is 4.27. The molecule has 0 aromatic heterocycles. The minimum Gasteiger partial charge on any atom is -0.465 e. The number of rotatable bonds is 1. The number of hydrogen-bond donors (Lipinski definition) is 0. The van der Waals surface area contributed by atoms with Gasteiger partial charge < -0.3 is 4.74 Å². The first-order chi connectivity index (χ1) is 9.11. The molecular weight excluding hydrogens is 264 g/mol. The highest BCUT2D eigenvalue weighted by Gasteiger charge is 2.27. The van der Waals surface area contributed by atoms with E-state index in [-0.39, 0.29) is 5.78 Å². The molecule has 0 fully saturated rings. The number of fused-ring (bicyclic) bond motifs is 3. The van der Waals surface area contributed by atoms with Crippen molar-refractivity contribution in [1.29, 1.82) is 0 Å². The van der Waals surface area contributed by atoms with Crippen LogP contribution in [0, 0.1) is 0 Å². The van der Waals surface area contributed by atoms with Crippen LogP contribution < -0.4 is 0 Å². The summed E-state index contributed by atoms with van der Waals surface area (Å²) in [6.45, 7) is 0. The van der Waals surface area contributed by atoms with Crippen molar-refractivity contribution in [2.45, 2.75) is 0 Å². The third-order valence-electron chi connectivity index (χ3n) is 3.20. The number of methoxy groups -OCH3 is 1. The first-order valence-corrected chi connectivity index (χ1v) is 6.06. The number of carbonyl (C=O) groups excluding carboxylic acids is 2. The van der Waals surface area contributed by atoms with Crippen LogP contribution in [0.4, 0.5) is 0 Å². The van der Waals surface area contributed by atoms with E-state index in [9.17, 15) is 9.59 Å². The molecule has 0 spiro atoms. The second kappa shape index (κ2) is 4.21. The van der Waals surface area contributed by atoms with Crippen molar-refractivity contribution < 1.29 is 14.3 Å². The number of ether oxygens (including phenoxy) is 1. The molecule has 2 aromatic carbocycles. The lowest BCUT2D eigenvalue weighted by Gasteiger charge is -2.02. The van der Waals surface area contributed by atoms with Crippen molar-refractivity contribution in [3.8, 4) is 11.1 Å². The van der Waals surface area contributed by atoms with E-state index in [1.165, 1.54) is 7.11 Å². The SMILES string of the molecule is COC(=O)c1ccc2c(c1)C(=O)c1cc(Cl)ccc1-2. The van der Waals surface area contributed by atoms with Crippen LogP contribution in [-0.2, 0) is 4.74 Å². The molecule has 0 saturated heterocycles. The van der Waals surface area contributed by atoms with Gasteiger partial charge in [-0.25, -0.2) is 4.79 Å². The Hall–Kier alpha value is -2.13. The minimum atomic E-state index is -0.454. The Bertz CT molecular complexity index is 719. The summed E-state index contributed by atoms with van der Waals surface area (Å²) in [5.41, 5.74) is 3.13. The summed E-state index contributed by atoms with van der Waals surface area (Å²) < 4.78 is 4.66. The van der Waals surface area contributed by atoms with Crippen molar-refractivity contribution in [2.75, 3.05) is 7.11 Å². The molecule has 0 aliphatic heterocycles. The van der Waals surface area contributed by atoms with E-state index in [1.54, 1.807) is 30.3 Å². The Morgan fingerprint density at radius 3 is 2.32 bits per heavy atom. The number of carbonyl (C=O) groups is 2. The van der Waals surface area contributed by atoms with Crippen LogP contribution in [0.2, 0.25) is 5.02 Å². The van der Waals surface area contributed by atoms with Gasteiger partial charge in [-0.3, -0.25) is 4.79 Å². The van der Waals surface area contributed by atoms with Crippen molar-refractivity contribution in [2.24, 2.45) is 0 Å². The number of esters is 1. The molecule has 0 radical (unpaired) electrons. The number of halogens is 1. The Morgan fingerprint density at radius 2 is 1.63 bits per heavy atom. The fourth-order valence-corrected chi connectivity index (χ4v) is 2.47. The topological polar surface area (TPSA) is 43.4 Å². The van der Waals surface area contributed by atoms with E-state index in [0.717, 1.165) is 11.1 Å². The minimum absolute atomic E-state index is 0.113. The first kappa shape index (κ1) is 11.9. The highest BCUT2D eigenvalue weighted by Crippen LogP contribution is 2.38. The molecule has 0 N–H and O–H groups in total. The quantitative estimate of drug-likeness (QED) is 0.638. The van der Waals surface area contributed by atoms with Gasteiger partial charge >= 0.3 is 5.97 Å². The molecule has 94 valence electrons. The Kier molecular flexibility index (Phi) is 2.64. The highest BCUT2D eigenvalue weighted by molar-refractivity contribution is 6.32. The zero-order valence-electron chi connectivity index (χ0n) is 10.1. The van der Waals surface area contributed by atoms with Gasteiger partial charge in [-0.15, -0.1) is 0 Å². The number of benzene rings is 2. The lowest BCUT2D eigenvalue weighted by molar-refractivity contribution is 0.0601. The lowest BCUT2D eigenvalue weighted by Crippen LogP contribution is -2.03. The van der Waals surface area contributed by atoms with E-state index in [4.69, 9.17) is 11.6 Å². The third-order valence-corrected chi connectivity index (χ3v) is 3.44. The normalized spacial score (nSPS) is 12.0. The molecule has 0 atom stereocenters. The van der Waals surface area contributed by atoms with Crippen LogP contribution in [0.1, 0.15) is 26.3 Å². The predicted octanol–water partition coefficient (Wildman–Crippen LogP) is 3.34. The molecule has 0 unspecified atom stereocenters. The maximum atomic E-state index is 12.3. The molecule has 1 aliphatic carbocycles. The first-order valence-electron chi connectivity index (χ1n) is 5.69. The van der Waals surface area contributed by atoms with Gasteiger partial charge in [0.1, 0.15) is 0 Å².